The van der Waals surface area contributed by atoms with Gasteiger partial charge in [-0.3, -0.25) is 19.5 Å². The predicted octanol–water partition coefficient (Wildman–Crippen LogP) is 0.805. The fourth-order valence-corrected chi connectivity index (χ4v) is 1.72. The van der Waals surface area contributed by atoms with Gasteiger partial charge in [0, 0.05) is 18.3 Å². The van der Waals surface area contributed by atoms with E-state index in [-0.39, 0.29) is 17.5 Å². The molecule has 0 spiro atoms. The van der Waals surface area contributed by atoms with Crippen molar-refractivity contribution < 1.29 is 9.59 Å². The summed E-state index contributed by atoms with van der Waals surface area (Å²) in [6.07, 6.45) is 2.08. The summed E-state index contributed by atoms with van der Waals surface area (Å²) in [5.74, 6) is -0.600. The number of imide groups is 1. The number of carbonyl (C=O) groups is 2. The van der Waals surface area contributed by atoms with Gasteiger partial charge in [0.1, 0.15) is 5.69 Å². The van der Waals surface area contributed by atoms with Gasteiger partial charge in [0.25, 0.3) is 11.8 Å². The van der Waals surface area contributed by atoms with Crippen LogP contribution in [0.1, 0.15) is 41.1 Å². The Bertz CT molecular complexity index is 442. The molecule has 0 bridgehead atoms. The standard InChI is InChI=1S/C12H15N3O2/c1-12(2,13)5-7-15-10(16)8-4-3-6-14-9(8)11(15)17/h3-4,6H,5,7,13H2,1-2H3. The van der Waals surface area contributed by atoms with E-state index in [1.165, 1.54) is 11.1 Å². The summed E-state index contributed by atoms with van der Waals surface area (Å²) in [5.41, 5.74) is 6.07. The van der Waals surface area contributed by atoms with Crippen LogP contribution in [-0.2, 0) is 0 Å². The molecule has 90 valence electrons. The highest BCUT2D eigenvalue weighted by atomic mass is 16.2. The third-order valence-corrected chi connectivity index (χ3v) is 2.71. The number of rotatable bonds is 3. The molecule has 1 aromatic heterocycles. The Labute approximate surface area is 99.6 Å². The van der Waals surface area contributed by atoms with Crippen molar-refractivity contribution in [2.75, 3.05) is 6.54 Å². The molecule has 5 nitrogen and oxygen atoms in total. The number of pyridine rings is 1. The van der Waals surface area contributed by atoms with Crippen molar-refractivity contribution in [2.45, 2.75) is 25.8 Å². The van der Waals surface area contributed by atoms with E-state index >= 15 is 0 Å². The lowest BCUT2D eigenvalue weighted by molar-refractivity contribution is 0.0644. The Balaban J connectivity index is 2.19. The van der Waals surface area contributed by atoms with E-state index in [2.05, 4.69) is 4.98 Å². The second kappa shape index (κ2) is 3.92. The molecule has 0 atom stereocenters. The minimum absolute atomic E-state index is 0.243. The maximum atomic E-state index is 11.9. The Morgan fingerprint density at radius 2 is 2.06 bits per heavy atom. The van der Waals surface area contributed by atoms with Crippen molar-refractivity contribution >= 4 is 11.8 Å². The van der Waals surface area contributed by atoms with Crippen molar-refractivity contribution in [3.05, 3.63) is 29.6 Å². The molecule has 0 saturated heterocycles. The maximum Gasteiger partial charge on any atom is 0.280 e. The van der Waals surface area contributed by atoms with E-state index in [4.69, 9.17) is 5.73 Å². The van der Waals surface area contributed by atoms with Gasteiger partial charge in [-0.15, -0.1) is 0 Å². The molecular formula is C12H15N3O2. The van der Waals surface area contributed by atoms with Crippen LogP contribution in [0.5, 0.6) is 0 Å². The van der Waals surface area contributed by atoms with Crippen LogP contribution in [0.15, 0.2) is 18.3 Å². The summed E-state index contributed by atoms with van der Waals surface area (Å²) in [5, 5.41) is 0. The monoisotopic (exact) mass is 233 g/mol. The smallest absolute Gasteiger partial charge is 0.280 e. The van der Waals surface area contributed by atoms with E-state index in [0.717, 1.165) is 0 Å². The summed E-state index contributed by atoms with van der Waals surface area (Å²) in [6.45, 7) is 4.06. The molecule has 2 N–H and O–H groups in total. The zero-order valence-corrected chi connectivity index (χ0v) is 9.93. The molecule has 2 amide bonds. The van der Waals surface area contributed by atoms with E-state index in [1.807, 2.05) is 13.8 Å². The molecular weight excluding hydrogens is 218 g/mol. The van der Waals surface area contributed by atoms with Crippen LogP contribution in [0, 0.1) is 0 Å². The van der Waals surface area contributed by atoms with Crippen molar-refractivity contribution in [3.63, 3.8) is 0 Å². The van der Waals surface area contributed by atoms with E-state index in [0.29, 0.717) is 18.5 Å². The van der Waals surface area contributed by atoms with Gasteiger partial charge in [-0.25, -0.2) is 0 Å². The third-order valence-electron chi connectivity index (χ3n) is 2.71. The molecule has 0 fully saturated rings. The highest BCUT2D eigenvalue weighted by molar-refractivity contribution is 6.20. The fraction of sp³-hybridized carbons (Fsp3) is 0.417. The summed E-state index contributed by atoms with van der Waals surface area (Å²) < 4.78 is 0. The van der Waals surface area contributed by atoms with Crippen molar-refractivity contribution in [1.82, 2.24) is 9.88 Å². The van der Waals surface area contributed by atoms with Crippen LogP contribution in [0.25, 0.3) is 0 Å². The molecule has 1 aromatic rings. The Hall–Kier alpha value is -1.75. The second-order valence-corrected chi connectivity index (χ2v) is 4.90. The summed E-state index contributed by atoms with van der Waals surface area (Å²) in [6, 6.07) is 3.27. The van der Waals surface area contributed by atoms with Gasteiger partial charge in [0.15, 0.2) is 0 Å². The normalized spacial score (nSPS) is 15.4. The molecule has 0 radical (unpaired) electrons. The van der Waals surface area contributed by atoms with Crippen LogP contribution in [0.3, 0.4) is 0 Å². The van der Waals surface area contributed by atoms with Crippen molar-refractivity contribution in [3.8, 4) is 0 Å². The molecule has 2 heterocycles. The molecule has 1 aliphatic heterocycles. The lowest BCUT2D eigenvalue weighted by Gasteiger charge is -2.21. The fourth-order valence-electron chi connectivity index (χ4n) is 1.72. The summed E-state index contributed by atoms with van der Waals surface area (Å²) in [4.78, 5) is 29.0. The first-order valence-corrected chi connectivity index (χ1v) is 5.50. The van der Waals surface area contributed by atoms with Gasteiger partial charge in [0.05, 0.1) is 5.56 Å². The average molecular weight is 233 g/mol. The topological polar surface area (TPSA) is 76.3 Å². The van der Waals surface area contributed by atoms with Gasteiger partial charge in [-0.1, -0.05) is 0 Å². The molecule has 5 heteroatoms. The third kappa shape index (κ3) is 2.19. The highest BCUT2D eigenvalue weighted by Crippen LogP contribution is 2.21. The molecule has 0 aliphatic carbocycles. The second-order valence-electron chi connectivity index (χ2n) is 4.90. The van der Waals surface area contributed by atoms with Gasteiger partial charge in [-0.05, 0) is 32.4 Å². The van der Waals surface area contributed by atoms with Crippen molar-refractivity contribution in [2.24, 2.45) is 5.73 Å². The zero-order chi connectivity index (χ0) is 12.6. The number of carbonyl (C=O) groups excluding carboxylic acids is 2. The van der Waals surface area contributed by atoms with Crippen LogP contribution >= 0.6 is 0 Å². The van der Waals surface area contributed by atoms with Gasteiger partial charge < -0.3 is 5.73 Å². The Morgan fingerprint density at radius 1 is 1.35 bits per heavy atom. The van der Waals surface area contributed by atoms with Crippen LogP contribution < -0.4 is 5.73 Å². The number of nitrogens with two attached hydrogens (primary N) is 1. The van der Waals surface area contributed by atoms with Crippen molar-refractivity contribution in [1.29, 1.82) is 0 Å². The Kier molecular flexibility index (Phi) is 2.71. The number of hydrogen-bond acceptors (Lipinski definition) is 4. The zero-order valence-electron chi connectivity index (χ0n) is 9.93. The number of hydrogen-bond donors (Lipinski definition) is 1. The minimum atomic E-state index is -0.400. The molecule has 17 heavy (non-hydrogen) atoms. The lowest BCUT2D eigenvalue weighted by Crippen LogP contribution is -2.39. The average Bonchev–Trinajstić information content (AvgIpc) is 2.49. The van der Waals surface area contributed by atoms with E-state index in [1.54, 1.807) is 12.1 Å². The van der Waals surface area contributed by atoms with Gasteiger partial charge >= 0.3 is 0 Å². The lowest BCUT2D eigenvalue weighted by atomic mass is 10.0. The van der Waals surface area contributed by atoms with E-state index in [9.17, 15) is 9.59 Å². The van der Waals surface area contributed by atoms with E-state index < -0.39 is 5.54 Å². The molecule has 0 unspecified atom stereocenters. The predicted molar refractivity (Wildman–Crippen MR) is 62.5 cm³/mol. The number of aromatic nitrogens is 1. The quantitative estimate of drug-likeness (QED) is 0.784. The molecule has 1 aliphatic rings. The number of nitrogens with zero attached hydrogens (tertiary/aromatic N) is 2. The number of fused-ring (bicyclic) bond motifs is 1. The van der Waals surface area contributed by atoms with Gasteiger partial charge in [0.2, 0.25) is 0 Å². The SMILES string of the molecule is CC(C)(N)CCN1C(=O)c2cccnc2C1=O. The van der Waals surface area contributed by atoms with Crippen LogP contribution in [-0.4, -0.2) is 33.8 Å². The first kappa shape index (κ1) is 11.7. The molecule has 0 aromatic carbocycles. The maximum absolute atomic E-state index is 11.9. The Morgan fingerprint density at radius 3 is 2.65 bits per heavy atom. The van der Waals surface area contributed by atoms with Gasteiger partial charge in [-0.2, -0.15) is 0 Å². The first-order chi connectivity index (χ1) is 7.90. The molecule has 2 rings (SSSR count). The summed E-state index contributed by atoms with van der Waals surface area (Å²) >= 11 is 0. The minimum Gasteiger partial charge on any atom is -0.325 e. The largest absolute Gasteiger partial charge is 0.325 e. The van der Waals surface area contributed by atoms with Crippen LogP contribution in [0.2, 0.25) is 0 Å². The number of amides is 2. The first-order valence-electron chi connectivity index (χ1n) is 5.50. The molecule has 0 saturated carbocycles. The summed E-state index contributed by atoms with van der Waals surface area (Å²) in [7, 11) is 0. The highest BCUT2D eigenvalue weighted by Gasteiger charge is 2.36. The van der Waals surface area contributed by atoms with Crippen LogP contribution in [0.4, 0.5) is 0 Å².